The zero-order chi connectivity index (χ0) is 18.5. The summed E-state index contributed by atoms with van der Waals surface area (Å²) in [5.74, 6) is 0.227. The second-order valence-electron chi connectivity index (χ2n) is 6.98. The zero-order valence-electron chi connectivity index (χ0n) is 14.9. The van der Waals surface area contributed by atoms with Gasteiger partial charge in [-0.15, -0.1) is 0 Å². The fraction of sp³-hybridized carbons (Fsp3) is 0.611. The van der Waals surface area contributed by atoms with Gasteiger partial charge in [0, 0.05) is 19.0 Å². The number of likely N-dealkylation sites (tertiary alicyclic amines) is 2. The summed E-state index contributed by atoms with van der Waals surface area (Å²) in [5.41, 5.74) is 5.33. The number of rotatable bonds is 6. The number of carbonyl (C=O) groups is 3. The fourth-order valence-corrected chi connectivity index (χ4v) is 3.70. The molecule has 1 atom stereocenters. The molecule has 8 heteroatoms. The van der Waals surface area contributed by atoms with E-state index in [0.717, 1.165) is 19.4 Å². The molecule has 2 fully saturated rings. The molecule has 142 valence electrons. The monoisotopic (exact) mass is 362 g/mol. The van der Waals surface area contributed by atoms with E-state index >= 15 is 0 Å². The van der Waals surface area contributed by atoms with Crippen LogP contribution in [0, 0.1) is 5.92 Å². The molecule has 0 saturated carbocycles. The first-order chi connectivity index (χ1) is 12.5. The van der Waals surface area contributed by atoms with Crippen LogP contribution < -0.4 is 11.1 Å². The van der Waals surface area contributed by atoms with Gasteiger partial charge in [0.05, 0.1) is 25.4 Å². The molecule has 0 aromatic carbocycles. The predicted molar refractivity (Wildman–Crippen MR) is 93.6 cm³/mol. The molecule has 0 radical (unpaired) electrons. The van der Waals surface area contributed by atoms with Crippen LogP contribution in [0.4, 0.5) is 0 Å². The van der Waals surface area contributed by atoms with Crippen molar-refractivity contribution in [3.05, 3.63) is 24.2 Å². The maximum absolute atomic E-state index is 12.6. The molecule has 3 rings (SSSR count). The lowest BCUT2D eigenvalue weighted by atomic mass is 9.96. The van der Waals surface area contributed by atoms with Gasteiger partial charge in [0.15, 0.2) is 0 Å². The smallest absolute Gasteiger partial charge is 0.237 e. The maximum atomic E-state index is 12.6. The van der Waals surface area contributed by atoms with E-state index in [1.165, 1.54) is 0 Å². The van der Waals surface area contributed by atoms with Crippen LogP contribution in [0.1, 0.15) is 31.4 Å². The Morgan fingerprint density at radius 2 is 1.96 bits per heavy atom. The highest BCUT2D eigenvalue weighted by Crippen LogP contribution is 2.20. The Hall–Kier alpha value is -2.35. The van der Waals surface area contributed by atoms with E-state index in [4.69, 9.17) is 10.2 Å². The van der Waals surface area contributed by atoms with Gasteiger partial charge < -0.3 is 20.4 Å². The fourth-order valence-electron chi connectivity index (χ4n) is 3.70. The van der Waals surface area contributed by atoms with Gasteiger partial charge in [0.2, 0.25) is 17.7 Å². The van der Waals surface area contributed by atoms with Crippen LogP contribution >= 0.6 is 0 Å². The summed E-state index contributed by atoms with van der Waals surface area (Å²) in [6, 6.07) is 3.31. The molecule has 1 unspecified atom stereocenters. The van der Waals surface area contributed by atoms with Gasteiger partial charge in [-0.3, -0.25) is 19.3 Å². The molecule has 1 aromatic rings. The number of nitrogens with zero attached hydrogens (tertiary/aromatic N) is 2. The van der Waals surface area contributed by atoms with E-state index in [2.05, 4.69) is 5.32 Å². The summed E-state index contributed by atoms with van der Waals surface area (Å²) in [7, 11) is 0. The highest BCUT2D eigenvalue weighted by atomic mass is 16.3. The first kappa shape index (κ1) is 18.4. The number of nitrogens with one attached hydrogen (secondary N) is 1. The molecular formula is C18H26N4O4. The van der Waals surface area contributed by atoms with E-state index < -0.39 is 0 Å². The SMILES string of the molecule is NC(=O)C1CCN(C(=O)CN2CCCC2C(=O)NCc2ccco2)CC1. The van der Waals surface area contributed by atoms with Crippen molar-refractivity contribution in [1.82, 2.24) is 15.1 Å². The molecule has 2 saturated heterocycles. The Labute approximate surface area is 152 Å². The van der Waals surface area contributed by atoms with Crippen molar-refractivity contribution in [3.63, 3.8) is 0 Å². The molecule has 26 heavy (non-hydrogen) atoms. The molecule has 2 aliphatic heterocycles. The number of hydrogen-bond acceptors (Lipinski definition) is 5. The lowest BCUT2D eigenvalue weighted by Gasteiger charge is -2.32. The van der Waals surface area contributed by atoms with E-state index in [9.17, 15) is 14.4 Å². The molecule has 1 aromatic heterocycles. The van der Waals surface area contributed by atoms with Gasteiger partial charge in [0.25, 0.3) is 0 Å². The Kier molecular flexibility index (Phi) is 5.92. The summed E-state index contributed by atoms with van der Waals surface area (Å²) in [5, 5.41) is 2.88. The highest BCUT2D eigenvalue weighted by molar-refractivity contribution is 5.84. The molecule has 0 spiro atoms. The summed E-state index contributed by atoms with van der Waals surface area (Å²) in [6.07, 6.45) is 4.46. The van der Waals surface area contributed by atoms with Crippen LogP contribution in [0.5, 0.6) is 0 Å². The number of hydrogen-bond donors (Lipinski definition) is 2. The number of furan rings is 1. The summed E-state index contributed by atoms with van der Waals surface area (Å²) in [6.45, 7) is 2.43. The van der Waals surface area contributed by atoms with Gasteiger partial charge in [-0.1, -0.05) is 0 Å². The minimum absolute atomic E-state index is 0.0126. The topological polar surface area (TPSA) is 109 Å². The minimum Gasteiger partial charge on any atom is -0.467 e. The first-order valence-corrected chi connectivity index (χ1v) is 9.16. The average Bonchev–Trinajstić information content (AvgIpc) is 3.31. The van der Waals surface area contributed by atoms with Crippen molar-refractivity contribution < 1.29 is 18.8 Å². The van der Waals surface area contributed by atoms with Crippen LogP contribution in [-0.2, 0) is 20.9 Å². The number of nitrogens with two attached hydrogens (primary N) is 1. The van der Waals surface area contributed by atoms with Gasteiger partial charge in [-0.2, -0.15) is 0 Å². The molecule has 3 amide bonds. The number of piperidine rings is 1. The lowest BCUT2D eigenvalue weighted by Crippen LogP contribution is -2.49. The Bertz CT molecular complexity index is 638. The predicted octanol–water partition coefficient (Wildman–Crippen LogP) is 0.0841. The third-order valence-electron chi connectivity index (χ3n) is 5.27. The average molecular weight is 362 g/mol. The molecule has 8 nitrogen and oxygen atoms in total. The van der Waals surface area contributed by atoms with Crippen molar-refractivity contribution in [2.45, 2.75) is 38.3 Å². The van der Waals surface area contributed by atoms with Crippen molar-refractivity contribution >= 4 is 17.7 Å². The molecule has 0 bridgehead atoms. The normalized spacial score (nSPS) is 21.7. The van der Waals surface area contributed by atoms with Crippen molar-refractivity contribution in [2.75, 3.05) is 26.2 Å². The molecule has 3 N–H and O–H groups in total. The Morgan fingerprint density at radius 1 is 1.19 bits per heavy atom. The summed E-state index contributed by atoms with van der Waals surface area (Å²) < 4.78 is 5.22. The summed E-state index contributed by atoms with van der Waals surface area (Å²) >= 11 is 0. The van der Waals surface area contributed by atoms with Crippen LogP contribution in [0.2, 0.25) is 0 Å². The first-order valence-electron chi connectivity index (χ1n) is 9.16. The lowest BCUT2D eigenvalue weighted by molar-refractivity contribution is -0.137. The zero-order valence-corrected chi connectivity index (χ0v) is 14.9. The second kappa shape index (κ2) is 8.35. The van der Waals surface area contributed by atoms with E-state index in [1.807, 2.05) is 11.0 Å². The summed E-state index contributed by atoms with van der Waals surface area (Å²) in [4.78, 5) is 40.0. The van der Waals surface area contributed by atoms with Crippen molar-refractivity contribution in [3.8, 4) is 0 Å². The highest BCUT2D eigenvalue weighted by Gasteiger charge is 2.34. The van der Waals surface area contributed by atoms with Crippen molar-refractivity contribution in [1.29, 1.82) is 0 Å². The third kappa shape index (κ3) is 4.43. The standard InChI is InChI=1S/C18H26N4O4/c19-17(24)13-5-8-21(9-6-13)16(23)12-22-7-1-4-15(22)18(25)20-11-14-3-2-10-26-14/h2-3,10,13,15H,1,4-9,11-12H2,(H2,19,24)(H,20,25). The van der Waals surface area contributed by atoms with E-state index in [1.54, 1.807) is 17.2 Å². The third-order valence-corrected chi connectivity index (χ3v) is 5.27. The number of primary amides is 1. The van der Waals surface area contributed by atoms with Crippen LogP contribution in [0.15, 0.2) is 22.8 Å². The molecule has 0 aliphatic carbocycles. The molecule has 2 aliphatic rings. The van der Waals surface area contributed by atoms with Gasteiger partial charge in [-0.05, 0) is 44.4 Å². The quantitative estimate of drug-likeness (QED) is 0.745. The van der Waals surface area contributed by atoms with Crippen LogP contribution in [-0.4, -0.2) is 59.7 Å². The Morgan fingerprint density at radius 3 is 2.62 bits per heavy atom. The van der Waals surface area contributed by atoms with E-state index in [0.29, 0.717) is 38.2 Å². The van der Waals surface area contributed by atoms with Gasteiger partial charge in [0.1, 0.15) is 5.76 Å². The molecular weight excluding hydrogens is 336 g/mol. The second-order valence-corrected chi connectivity index (χ2v) is 6.98. The van der Waals surface area contributed by atoms with Crippen LogP contribution in [0.25, 0.3) is 0 Å². The van der Waals surface area contributed by atoms with Crippen molar-refractivity contribution in [2.24, 2.45) is 11.7 Å². The largest absolute Gasteiger partial charge is 0.467 e. The van der Waals surface area contributed by atoms with E-state index in [-0.39, 0.29) is 36.2 Å². The Balaban J connectivity index is 1.48. The minimum atomic E-state index is -0.287. The van der Waals surface area contributed by atoms with Gasteiger partial charge in [-0.25, -0.2) is 0 Å². The number of carbonyl (C=O) groups excluding carboxylic acids is 3. The maximum Gasteiger partial charge on any atom is 0.237 e. The van der Waals surface area contributed by atoms with Crippen LogP contribution in [0.3, 0.4) is 0 Å². The number of amides is 3. The molecule has 3 heterocycles. The van der Waals surface area contributed by atoms with Gasteiger partial charge >= 0.3 is 0 Å².